The van der Waals surface area contributed by atoms with Crippen molar-refractivity contribution >= 4 is 39.4 Å². The van der Waals surface area contributed by atoms with Gasteiger partial charge in [-0.1, -0.05) is 18.0 Å². The lowest BCUT2D eigenvalue weighted by atomic mass is 10.0. The van der Waals surface area contributed by atoms with Gasteiger partial charge in [0.15, 0.2) is 0 Å². The maximum Gasteiger partial charge on any atom is 0.308 e. The Morgan fingerprint density at radius 2 is 2.11 bits per heavy atom. The van der Waals surface area contributed by atoms with Crippen LogP contribution in [0, 0.1) is 5.92 Å². The van der Waals surface area contributed by atoms with E-state index in [1.807, 2.05) is 0 Å². The van der Waals surface area contributed by atoms with Crippen molar-refractivity contribution in [2.45, 2.75) is 25.3 Å². The van der Waals surface area contributed by atoms with Crippen LogP contribution in [-0.2, 0) is 4.79 Å². The van der Waals surface area contributed by atoms with Crippen LogP contribution in [0.5, 0.6) is 0 Å². The molecule has 2 N–H and O–H groups in total. The first kappa shape index (κ1) is 14.3. The number of halogens is 2. The van der Waals surface area contributed by atoms with Gasteiger partial charge < -0.3 is 10.4 Å². The van der Waals surface area contributed by atoms with Crippen molar-refractivity contribution in [2.75, 3.05) is 0 Å². The standard InChI is InChI=1S/C13H13BrClNO3/c14-9-6-7(4-5-10(9)15)12(17)16-11-3-1-2-8(11)13(18)19/h4-6,8,11H,1-3H2,(H,16,17)(H,18,19). The molecule has 1 fully saturated rings. The molecule has 0 aliphatic heterocycles. The molecular weight excluding hydrogens is 334 g/mol. The zero-order valence-electron chi connectivity index (χ0n) is 10.0. The first-order valence-electron chi connectivity index (χ1n) is 5.98. The summed E-state index contributed by atoms with van der Waals surface area (Å²) in [6, 6.07) is 4.58. The van der Waals surface area contributed by atoms with Crippen molar-refractivity contribution in [3.63, 3.8) is 0 Å². The van der Waals surface area contributed by atoms with Crippen molar-refractivity contribution in [1.29, 1.82) is 0 Å². The monoisotopic (exact) mass is 345 g/mol. The molecule has 102 valence electrons. The van der Waals surface area contributed by atoms with Gasteiger partial charge in [0, 0.05) is 16.1 Å². The molecule has 1 aromatic carbocycles. The molecule has 4 nitrogen and oxygen atoms in total. The highest BCUT2D eigenvalue weighted by atomic mass is 79.9. The second-order valence-electron chi connectivity index (χ2n) is 4.58. The molecule has 0 aromatic heterocycles. The summed E-state index contributed by atoms with van der Waals surface area (Å²) < 4.78 is 0.642. The zero-order chi connectivity index (χ0) is 14.0. The van der Waals surface area contributed by atoms with Gasteiger partial charge in [-0.05, 0) is 47.0 Å². The second-order valence-corrected chi connectivity index (χ2v) is 5.85. The van der Waals surface area contributed by atoms with Crippen LogP contribution in [0.1, 0.15) is 29.6 Å². The van der Waals surface area contributed by atoms with Crippen LogP contribution in [0.25, 0.3) is 0 Å². The zero-order valence-corrected chi connectivity index (χ0v) is 12.4. The predicted molar refractivity (Wildman–Crippen MR) is 75.4 cm³/mol. The smallest absolute Gasteiger partial charge is 0.308 e. The molecule has 2 rings (SSSR count). The van der Waals surface area contributed by atoms with Crippen molar-refractivity contribution in [3.8, 4) is 0 Å². The molecule has 6 heteroatoms. The number of benzene rings is 1. The van der Waals surface area contributed by atoms with Crippen LogP contribution < -0.4 is 5.32 Å². The highest BCUT2D eigenvalue weighted by Crippen LogP contribution is 2.27. The second kappa shape index (κ2) is 5.92. The van der Waals surface area contributed by atoms with E-state index in [0.29, 0.717) is 27.9 Å². The van der Waals surface area contributed by atoms with E-state index in [1.54, 1.807) is 18.2 Å². The molecule has 0 bridgehead atoms. The summed E-state index contributed by atoms with van der Waals surface area (Å²) in [5, 5.41) is 12.4. The Balaban J connectivity index is 2.08. The molecule has 19 heavy (non-hydrogen) atoms. The fraction of sp³-hybridized carbons (Fsp3) is 0.385. The fourth-order valence-corrected chi connectivity index (χ4v) is 2.81. The number of carboxylic acids is 1. The maximum absolute atomic E-state index is 12.1. The van der Waals surface area contributed by atoms with Crippen LogP contribution in [0.15, 0.2) is 22.7 Å². The van der Waals surface area contributed by atoms with Gasteiger partial charge in [0.25, 0.3) is 5.91 Å². The van der Waals surface area contributed by atoms with Crippen molar-refractivity contribution in [2.24, 2.45) is 5.92 Å². The fourth-order valence-electron chi connectivity index (χ4n) is 2.32. The van der Waals surface area contributed by atoms with Gasteiger partial charge >= 0.3 is 5.97 Å². The number of carbonyl (C=O) groups excluding carboxylic acids is 1. The number of carbonyl (C=O) groups is 2. The minimum Gasteiger partial charge on any atom is -0.481 e. The van der Waals surface area contributed by atoms with E-state index in [4.69, 9.17) is 16.7 Å². The topological polar surface area (TPSA) is 66.4 Å². The van der Waals surface area contributed by atoms with Gasteiger partial charge in [-0.3, -0.25) is 9.59 Å². The molecule has 1 saturated carbocycles. The Bertz CT molecular complexity index is 521. The Labute approximate surface area is 124 Å². The van der Waals surface area contributed by atoms with E-state index in [-0.39, 0.29) is 11.9 Å². The number of aliphatic carboxylic acids is 1. The third-order valence-corrected chi connectivity index (χ3v) is 4.55. The van der Waals surface area contributed by atoms with Crippen LogP contribution in [-0.4, -0.2) is 23.0 Å². The molecule has 2 unspecified atom stereocenters. The number of nitrogens with one attached hydrogen (secondary N) is 1. The molecular formula is C13H13BrClNO3. The Kier molecular flexibility index (Phi) is 4.47. The lowest BCUT2D eigenvalue weighted by Gasteiger charge is -2.17. The summed E-state index contributed by atoms with van der Waals surface area (Å²) in [4.78, 5) is 23.1. The Morgan fingerprint density at radius 3 is 2.74 bits per heavy atom. The Morgan fingerprint density at radius 1 is 1.37 bits per heavy atom. The van der Waals surface area contributed by atoms with Gasteiger partial charge in [0.1, 0.15) is 0 Å². The highest BCUT2D eigenvalue weighted by molar-refractivity contribution is 9.10. The number of hydrogen-bond acceptors (Lipinski definition) is 2. The predicted octanol–water partition coefficient (Wildman–Crippen LogP) is 3.09. The van der Waals surface area contributed by atoms with Crippen molar-refractivity contribution in [1.82, 2.24) is 5.32 Å². The van der Waals surface area contributed by atoms with Crippen molar-refractivity contribution < 1.29 is 14.7 Å². The van der Waals surface area contributed by atoms with Crippen LogP contribution >= 0.6 is 27.5 Å². The molecule has 0 spiro atoms. The third kappa shape index (κ3) is 3.28. The van der Waals surface area contributed by atoms with Gasteiger partial charge in [-0.25, -0.2) is 0 Å². The lowest BCUT2D eigenvalue weighted by molar-refractivity contribution is -0.142. The number of carboxylic acid groups (broad SMARTS) is 1. The van der Waals surface area contributed by atoms with E-state index in [2.05, 4.69) is 21.2 Å². The summed E-state index contributed by atoms with van der Waals surface area (Å²) in [6.07, 6.45) is 2.15. The minimum absolute atomic E-state index is 0.268. The molecule has 0 saturated heterocycles. The highest BCUT2D eigenvalue weighted by Gasteiger charge is 2.33. The lowest BCUT2D eigenvalue weighted by Crippen LogP contribution is -2.40. The molecule has 1 aromatic rings. The first-order chi connectivity index (χ1) is 8.99. The number of amides is 1. The first-order valence-corrected chi connectivity index (χ1v) is 7.15. The van der Waals surface area contributed by atoms with E-state index in [1.165, 1.54) is 0 Å². The molecule has 1 aliphatic carbocycles. The molecule has 2 atom stereocenters. The van der Waals surface area contributed by atoms with Crippen molar-refractivity contribution in [3.05, 3.63) is 33.3 Å². The summed E-state index contributed by atoms with van der Waals surface area (Å²) in [6.45, 7) is 0. The average molecular weight is 347 g/mol. The largest absolute Gasteiger partial charge is 0.481 e. The maximum atomic E-state index is 12.1. The van der Waals surface area contributed by atoms with Crippen LogP contribution in [0.4, 0.5) is 0 Å². The summed E-state index contributed by atoms with van der Waals surface area (Å²) in [7, 11) is 0. The molecule has 0 radical (unpaired) electrons. The summed E-state index contributed by atoms with van der Waals surface area (Å²) in [5.74, 6) is -1.60. The van der Waals surface area contributed by atoms with Crippen LogP contribution in [0.3, 0.4) is 0 Å². The molecule has 1 aliphatic rings. The summed E-state index contributed by atoms with van der Waals surface area (Å²) in [5.41, 5.74) is 0.465. The normalized spacial score (nSPS) is 22.2. The molecule has 0 heterocycles. The minimum atomic E-state index is -0.847. The third-order valence-electron chi connectivity index (χ3n) is 3.33. The van der Waals surface area contributed by atoms with Gasteiger partial charge in [0.05, 0.1) is 10.9 Å². The average Bonchev–Trinajstić information content (AvgIpc) is 2.80. The van der Waals surface area contributed by atoms with Gasteiger partial charge in [-0.15, -0.1) is 0 Å². The van der Waals surface area contributed by atoms with E-state index in [0.717, 1.165) is 6.42 Å². The van der Waals surface area contributed by atoms with Crippen LogP contribution in [0.2, 0.25) is 5.02 Å². The van der Waals surface area contributed by atoms with E-state index >= 15 is 0 Å². The number of hydrogen-bond donors (Lipinski definition) is 2. The molecule has 1 amide bonds. The summed E-state index contributed by atoms with van der Waals surface area (Å²) >= 11 is 9.12. The SMILES string of the molecule is O=C(NC1CCCC1C(=O)O)c1ccc(Cl)c(Br)c1. The van der Waals surface area contributed by atoms with Gasteiger partial charge in [-0.2, -0.15) is 0 Å². The number of rotatable bonds is 3. The Hall–Kier alpha value is -1.07. The van der Waals surface area contributed by atoms with E-state index in [9.17, 15) is 9.59 Å². The van der Waals surface area contributed by atoms with E-state index < -0.39 is 11.9 Å². The quantitative estimate of drug-likeness (QED) is 0.884. The van der Waals surface area contributed by atoms with Gasteiger partial charge in [0.2, 0.25) is 0 Å².